The summed E-state index contributed by atoms with van der Waals surface area (Å²) in [4.78, 5) is 15.0. The maximum Gasteiger partial charge on any atom is 0.241 e. The summed E-state index contributed by atoms with van der Waals surface area (Å²) >= 11 is 0. The number of sulfonamides is 1. The van der Waals surface area contributed by atoms with E-state index >= 15 is 0 Å². The fourth-order valence-electron chi connectivity index (χ4n) is 3.04. The highest BCUT2D eigenvalue weighted by Gasteiger charge is 2.26. The zero-order valence-corrected chi connectivity index (χ0v) is 17.0. The van der Waals surface area contributed by atoms with E-state index in [1.807, 2.05) is 60.7 Å². The predicted octanol–water partition coefficient (Wildman–Crippen LogP) is 3.58. The van der Waals surface area contributed by atoms with Crippen molar-refractivity contribution in [2.75, 3.05) is 0 Å². The topological polar surface area (TPSA) is 66.5 Å². The van der Waals surface area contributed by atoms with Gasteiger partial charge in [-0.25, -0.2) is 8.42 Å². The summed E-state index contributed by atoms with van der Waals surface area (Å²) in [6.07, 6.45) is 0. The van der Waals surface area contributed by atoms with Crippen LogP contribution in [-0.4, -0.2) is 25.3 Å². The van der Waals surface area contributed by atoms with Crippen LogP contribution in [0.2, 0.25) is 0 Å². The molecular formula is C23H24N2O3S. The van der Waals surface area contributed by atoms with Gasteiger partial charge in [0.2, 0.25) is 15.9 Å². The van der Waals surface area contributed by atoms with Crippen molar-refractivity contribution < 1.29 is 13.2 Å². The minimum absolute atomic E-state index is 0.136. The van der Waals surface area contributed by atoms with Crippen LogP contribution in [0.1, 0.15) is 18.1 Å². The number of hydrogen-bond acceptors (Lipinski definition) is 3. The Morgan fingerprint density at radius 3 is 1.66 bits per heavy atom. The van der Waals surface area contributed by atoms with Gasteiger partial charge in [-0.1, -0.05) is 78.9 Å². The second-order valence-corrected chi connectivity index (χ2v) is 8.54. The van der Waals surface area contributed by atoms with Crippen LogP contribution in [0.4, 0.5) is 0 Å². The quantitative estimate of drug-likeness (QED) is 0.620. The van der Waals surface area contributed by atoms with Crippen molar-refractivity contribution in [2.24, 2.45) is 0 Å². The first kappa shape index (κ1) is 20.8. The summed E-state index contributed by atoms with van der Waals surface area (Å²) < 4.78 is 27.7. The van der Waals surface area contributed by atoms with Gasteiger partial charge in [-0.05, 0) is 30.2 Å². The summed E-state index contributed by atoms with van der Waals surface area (Å²) in [5.41, 5.74) is 1.96. The van der Waals surface area contributed by atoms with Crippen molar-refractivity contribution in [2.45, 2.75) is 31.0 Å². The number of carbonyl (C=O) groups is 1. The monoisotopic (exact) mass is 408 g/mol. The first-order valence-electron chi connectivity index (χ1n) is 9.40. The third kappa shape index (κ3) is 5.76. The number of amides is 1. The molecule has 0 aromatic heterocycles. The Morgan fingerprint density at radius 1 is 0.793 bits per heavy atom. The van der Waals surface area contributed by atoms with E-state index < -0.39 is 16.1 Å². The molecule has 1 unspecified atom stereocenters. The van der Waals surface area contributed by atoms with Crippen LogP contribution in [0.5, 0.6) is 0 Å². The lowest BCUT2D eigenvalue weighted by atomic mass is 10.1. The SMILES string of the molecule is CC(NS(=O)(=O)c1ccccc1)C(=O)N(Cc1ccccc1)Cc1ccccc1. The first-order chi connectivity index (χ1) is 14.0. The van der Waals surface area contributed by atoms with Crippen LogP contribution in [0.3, 0.4) is 0 Å². The molecule has 0 radical (unpaired) electrons. The van der Waals surface area contributed by atoms with Crippen molar-refractivity contribution in [3.05, 3.63) is 102 Å². The van der Waals surface area contributed by atoms with Gasteiger partial charge in [0, 0.05) is 13.1 Å². The highest BCUT2D eigenvalue weighted by atomic mass is 32.2. The third-order valence-electron chi connectivity index (χ3n) is 4.50. The van der Waals surface area contributed by atoms with Crippen LogP contribution in [0, 0.1) is 0 Å². The van der Waals surface area contributed by atoms with E-state index in [1.54, 1.807) is 30.0 Å². The standard InChI is InChI=1S/C23H24N2O3S/c1-19(24-29(27,28)22-15-9-4-10-16-22)23(26)25(17-20-11-5-2-6-12-20)18-21-13-7-3-8-14-21/h2-16,19,24H,17-18H2,1H3. The molecule has 1 N–H and O–H groups in total. The number of rotatable bonds is 8. The predicted molar refractivity (Wildman–Crippen MR) is 113 cm³/mol. The van der Waals surface area contributed by atoms with Crippen LogP contribution >= 0.6 is 0 Å². The van der Waals surface area contributed by atoms with Gasteiger partial charge in [0.05, 0.1) is 10.9 Å². The molecule has 6 heteroatoms. The van der Waals surface area contributed by atoms with Crippen molar-refractivity contribution in [1.82, 2.24) is 9.62 Å². The lowest BCUT2D eigenvalue weighted by Crippen LogP contribution is -2.46. The average Bonchev–Trinajstić information content (AvgIpc) is 2.74. The molecule has 5 nitrogen and oxygen atoms in total. The maximum absolute atomic E-state index is 13.2. The van der Waals surface area contributed by atoms with Gasteiger partial charge >= 0.3 is 0 Å². The molecule has 0 spiro atoms. The Hall–Kier alpha value is -2.96. The van der Waals surface area contributed by atoms with Crippen molar-refractivity contribution >= 4 is 15.9 Å². The summed E-state index contributed by atoms with van der Waals surface area (Å²) in [6.45, 7) is 2.36. The Balaban J connectivity index is 1.79. The van der Waals surface area contributed by atoms with Crippen LogP contribution < -0.4 is 4.72 Å². The Kier molecular flexibility index (Phi) is 6.80. The third-order valence-corrected chi connectivity index (χ3v) is 6.06. The molecule has 0 saturated carbocycles. The molecular weight excluding hydrogens is 384 g/mol. The Bertz CT molecular complexity index is 982. The van der Waals surface area contributed by atoms with E-state index in [0.29, 0.717) is 13.1 Å². The number of benzene rings is 3. The number of nitrogens with zero attached hydrogens (tertiary/aromatic N) is 1. The minimum Gasteiger partial charge on any atom is -0.333 e. The van der Waals surface area contributed by atoms with E-state index in [-0.39, 0.29) is 10.8 Å². The van der Waals surface area contributed by atoms with Gasteiger partial charge < -0.3 is 4.90 Å². The van der Waals surface area contributed by atoms with Crippen LogP contribution in [-0.2, 0) is 27.9 Å². The van der Waals surface area contributed by atoms with Gasteiger partial charge in [0.1, 0.15) is 0 Å². The molecule has 0 heterocycles. The van der Waals surface area contributed by atoms with Crippen molar-refractivity contribution in [3.8, 4) is 0 Å². The fourth-order valence-corrected chi connectivity index (χ4v) is 4.26. The van der Waals surface area contributed by atoms with Gasteiger partial charge in [-0.15, -0.1) is 0 Å². The molecule has 3 aromatic carbocycles. The fraction of sp³-hybridized carbons (Fsp3) is 0.174. The molecule has 0 bridgehead atoms. The zero-order chi connectivity index (χ0) is 20.7. The van der Waals surface area contributed by atoms with Gasteiger partial charge in [-0.2, -0.15) is 4.72 Å². The molecule has 1 atom stereocenters. The van der Waals surface area contributed by atoms with Crippen molar-refractivity contribution in [3.63, 3.8) is 0 Å². The lowest BCUT2D eigenvalue weighted by Gasteiger charge is -2.26. The number of hydrogen-bond donors (Lipinski definition) is 1. The van der Waals surface area contributed by atoms with Gasteiger partial charge in [0.15, 0.2) is 0 Å². The highest BCUT2D eigenvalue weighted by Crippen LogP contribution is 2.14. The highest BCUT2D eigenvalue weighted by molar-refractivity contribution is 7.89. The normalized spacial score (nSPS) is 12.3. The van der Waals surface area contributed by atoms with E-state index in [0.717, 1.165) is 11.1 Å². The first-order valence-corrected chi connectivity index (χ1v) is 10.9. The van der Waals surface area contributed by atoms with Crippen molar-refractivity contribution in [1.29, 1.82) is 0 Å². The minimum atomic E-state index is -3.78. The Morgan fingerprint density at radius 2 is 1.21 bits per heavy atom. The van der Waals surface area contributed by atoms with Gasteiger partial charge in [0.25, 0.3) is 0 Å². The molecule has 150 valence electrons. The Labute approximate surface area is 172 Å². The van der Waals surface area contributed by atoms with Crippen LogP contribution in [0.25, 0.3) is 0 Å². The summed E-state index contributed by atoms with van der Waals surface area (Å²) in [6, 6.07) is 26.5. The molecule has 1 amide bonds. The molecule has 0 saturated heterocycles. The summed E-state index contributed by atoms with van der Waals surface area (Å²) in [5.74, 6) is -0.280. The maximum atomic E-state index is 13.2. The average molecular weight is 409 g/mol. The van der Waals surface area contributed by atoms with Crippen LogP contribution in [0.15, 0.2) is 95.9 Å². The van der Waals surface area contributed by atoms with Gasteiger partial charge in [-0.3, -0.25) is 4.79 Å². The van der Waals surface area contributed by atoms with E-state index in [4.69, 9.17) is 0 Å². The summed E-state index contributed by atoms with van der Waals surface area (Å²) in [5, 5.41) is 0. The second kappa shape index (κ2) is 9.49. The van der Waals surface area contributed by atoms with E-state index in [1.165, 1.54) is 12.1 Å². The lowest BCUT2D eigenvalue weighted by molar-refractivity contribution is -0.133. The van der Waals surface area contributed by atoms with E-state index in [2.05, 4.69) is 4.72 Å². The molecule has 0 aliphatic rings. The molecule has 3 rings (SSSR count). The van der Waals surface area contributed by atoms with E-state index in [9.17, 15) is 13.2 Å². The molecule has 0 aliphatic carbocycles. The molecule has 3 aromatic rings. The smallest absolute Gasteiger partial charge is 0.241 e. The molecule has 0 aliphatic heterocycles. The molecule has 29 heavy (non-hydrogen) atoms. The zero-order valence-electron chi connectivity index (χ0n) is 16.2. The molecule has 0 fully saturated rings. The summed E-state index contributed by atoms with van der Waals surface area (Å²) in [7, 11) is -3.78. The number of carbonyl (C=O) groups excluding carboxylic acids is 1. The second-order valence-electron chi connectivity index (χ2n) is 6.82. The number of nitrogens with one attached hydrogen (secondary N) is 1. The largest absolute Gasteiger partial charge is 0.333 e.